The summed E-state index contributed by atoms with van der Waals surface area (Å²) in [7, 11) is 1.22. The molecule has 1 aromatic rings. The van der Waals surface area contributed by atoms with Crippen LogP contribution < -0.4 is 5.32 Å². The van der Waals surface area contributed by atoms with Crippen molar-refractivity contribution < 1.29 is 18.0 Å². The number of hydrogen-bond acceptors (Lipinski definition) is 2. The zero-order valence-corrected chi connectivity index (χ0v) is 11.9. The second-order valence-corrected chi connectivity index (χ2v) is 5.47. The Kier molecular flexibility index (Phi) is 4.56. The maximum atomic E-state index is 12.7. The quantitative estimate of drug-likeness (QED) is 0.929. The first kappa shape index (κ1) is 15.8. The highest BCUT2D eigenvalue weighted by Crippen LogP contribution is 2.35. The Morgan fingerprint density at radius 2 is 1.81 bits per heavy atom. The van der Waals surface area contributed by atoms with Crippen molar-refractivity contribution in [2.24, 2.45) is 0 Å². The van der Waals surface area contributed by atoms with Crippen LogP contribution in [0.2, 0.25) is 0 Å². The fraction of sp³-hybridized carbons (Fsp3) is 0.533. The van der Waals surface area contributed by atoms with Gasteiger partial charge < -0.3 is 10.2 Å². The van der Waals surface area contributed by atoms with E-state index in [-0.39, 0.29) is 0 Å². The molecule has 1 aliphatic heterocycles. The lowest BCUT2D eigenvalue weighted by Gasteiger charge is -2.39. The summed E-state index contributed by atoms with van der Waals surface area (Å²) in [6.07, 6.45) is -3.36. The van der Waals surface area contributed by atoms with Crippen molar-refractivity contribution in [3.63, 3.8) is 0 Å². The van der Waals surface area contributed by atoms with Crippen LogP contribution in [0, 0.1) is 0 Å². The predicted molar refractivity (Wildman–Crippen MR) is 73.9 cm³/mol. The molecule has 1 fully saturated rings. The lowest BCUT2D eigenvalue weighted by atomic mass is 9.72. The Bertz CT molecular complexity index is 481. The Morgan fingerprint density at radius 1 is 1.24 bits per heavy atom. The lowest BCUT2D eigenvalue weighted by molar-refractivity contribution is -0.162. The predicted octanol–water partition coefficient (Wildman–Crippen LogP) is 2.33. The van der Waals surface area contributed by atoms with Crippen molar-refractivity contribution in [1.29, 1.82) is 0 Å². The number of carbonyl (C=O) groups is 1. The normalized spacial score (nSPS) is 18.3. The smallest absolute Gasteiger partial charge is 0.336 e. The first-order chi connectivity index (χ1) is 9.85. The second-order valence-electron chi connectivity index (χ2n) is 5.47. The minimum Gasteiger partial charge on any atom is -0.336 e. The molecule has 1 aliphatic rings. The molecule has 1 N–H and O–H groups in total. The molecular weight excluding hydrogens is 281 g/mol. The van der Waals surface area contributed by atoms with Crippen LogP contribution in [0.1, 0.15) is 18.4 Å². The summed E-state index contributed by atoms with van der Waals surface area (Å²) in [4.78, 5) is 13.5. The SMILES string of the molecule is CN(CC(F)(F)F)C(=O)C1(c2ccccc2)CCNCC1. The van der Waals surface area contributed by atoms with Gasteiger partial charge in [0.05, 0.1) is 5.41 Å². The third kappa shape index (κ3) is 3.56. The fourth-order valence-corrected chi connectivity index (χ4v) is 2.94. The van der Waals surface area contributed by atoms with Crippen molar-refractivity contribution in [3.05, 3.63) is 35.9 Å². The molecule has 1 saturated heterocycles. The summed E-state index contributed by atoms with van der Waals surface area (Å²) < 4.78 is 37.7. The number of rotatable bonds is 3. The molecule has 0 unspecified atom stereocenters. The minimum absolute atomic E-state index is 0.451. The molecular formula is C15H19F3N2O. The summed E-state index contributed by atoms with van der Waals surface area (Å²) in [5.74, 6) is -0.451. The van der Waals surface area contributed by atoms with Gasteiger partial charge in [0.1, 0.15) is 6.54 Å². The van der Waals surface area contributed by atoms with Crippen molar-refractivity contribution in [1.82, 2.24) is 10.2 Å². The van der Waals surface area contributed by atoms with Crippen LogP contribution in [0.15, 0.2) is 30.3 Å². The number of carbonyl (C=O) groups excluding carboxylic acids is 1. The van der Waals surface area contributed by atoms with Crippen LogP contribution in [0.4, 0.5) is 13.2 Å². The molecule has 0 spiro atoms. The zero-order valence-electron chi connectivity index (χ0n) is 11.9. The van der Waals surface area contributed by atoms with Gasteiger partial charge in [-0.25, -0.2) is 0 Å². The Balaban J connectivity index is 2.30. The van der Waals surface area contributed by atoms with E-state index in [1.807, 2.05) is 30.3 Å². The largest absolute Gasteiger partial charge is 0.406 e. The van der Waals surface area contributed by atoms with Gasteiger partial charge in [-0.3, -0.25) is 4.79 Å². The molecule has 0 aromatic heterocycles. The maximum absolute atomic E-state index is 12.7. The van der Waals surface area contributed by atoms with E-state index in [2.05, 4.69) is 5.32 Å². The third-order valence-corrected chi connectivity index (χ3v) is 3.96. The van der Waals surface area contributed by atoms with Gasteiger partial charge in [0.15, 0.2) is 0 Å². The first-order valence-corrected chi connectivity index (χ1v) is 6.94. The Hall–Kier alpha value is -1.56. The van der Waals surface area contributed by atoms with Gasteiger partial charge in [0, 0.05) is 7.05 Å². The topological polar surface area (TPSA) is 32.3 Å². The number of piperidine rings is 1. The highest BCUT2D eigenvalue weighted by Gasteiger charge is 2.44. The molecule has 0 atom stereocenters. The molecule has 0 bridgehead atoms. The van der Waals surface area contributed by atoms with Crippen LogP contribution >= 0.6 is 0 Å². The number of likely N-dealkylation sites (N-methyl/N-ethyl adjacent to an activating group) is 1. The van der Waals surface area contributed by atoms with Gasteiger partial charge in [0.2, 0.25) is 5.91 Å². The molecule has 0 aliphatic carbocycles. The van der Waals surface area contributed by atoms with Gasteiger partial charge in [-0.2, -0.15) is 13.2 Å². The fourth-order valence-electron chi connectivity index (χ4n) is 2.94. The number of nitrogens with zero attached hydrogens (tertiary/aromatic N) is 1. The maximum Gasteiger partial charge on any atom is 0.406 e. The van der Waals surface area contributed by atoms with Crippen molar-refractivity contribution >= 4 is 5.91 Å². The number of benzene rings is 1. The number of amides is 1. The average Bonchev–Trinajstić information content (AvgIpc) is 2.46. The molecule has 3 nitrogen and oxygen atoms in total. The van der Waals surface area contributed by atoms with Crippen molar-refractivity contribution in [2.45, 2.75) is 24.4 Å². The molecule has 116 valence electrons. The molecule has 6 heteroatoms. The van der Waals surface area contributed by atoms with Gasteiger partial charge in [0.25, 0.3) is 0 Å². The Labute approximate surface area is 122 Å². The Morgan fingerprint density at radius 3 is 2.33 bits per heavy atom. The van der Waals surface area contributed by atoms with E-state index in [1.54, 1.807) is 0 Å². The van der Waals surface area contributed by atoms with E-state index >= 15 is 0 Å². The van der Waals surface area contributed by atoms with Crippen LogP contribution in [0.5, 0.6) is 0 Å². The summed E-state index contributed by atoms with van der Waals surface area (Å²) in [6.45, 7) is 0.0365. The number of nitrogens with one attached hydrogen (secondary N) is 1. The molecule has 1 heterocycles. The van der Waals surface area contributed by atoms with Crippen molar-refractivity contribution in [3.8, 4) is 0 Å². The van der Waals surface area contributed by atoms with Gasteiger partial charge in [-0.15, -0.1) is 0 Å². The minimum atomic E-state index is -4.38. The molecule has 1 amide bonds. The first-order valence-electron chi connectivity index (χ1n) is 6.94. The summed E-state index contributed by atoms with van der Waals surface area (Å²) in [5, 5.41) is 3.16. The molecule has 2 rings (SSSR count). The molecule has 21 heavy (non-hydrogen) atoms. The van der Waals surface area contributed by atoms with E-state index in [4.69, 9.17) is 0 Å². The molecule has 0 saturated carbocycles. The molecule has 1 aromatic carbocycles. The highest BCUT2D eigenvalue weighted by atomic mass is 19.4. The van der Waals surface area contributed by atoms with Crippen LogP contribution in [0.3, 0.4) is 0 Å². The van der Waals surface area contributed by atoms with Crippen LogP contribution in [-0.4, -0.2) is 43.7 Å². The highest BCUT2D eigenvalue weighted by molar-refractivity contribution is 5.88. The van der Waals surface area contributed by atoms with Crippen LogP contribution in [0.25, 0.3) is 0 Å². The van der Waals surface area contributed by atoms with Gasteiger partial charge >= 0.3 is 6.18 Å². The summed E-state index contributed by atoms with van der Waals surface area (Å²) in [5.41, 5.74) is -0.0579. The number of hydrogen-bond donors (Lipinski definition) is 1. The summed E-state index contributed by atoms with van der Waals surface area (Å²) >= 11 is 0. The van der Waals surface area contributed by atoms with E-state index in [1.165, 1.54) is 7.05 Å². The van der Waals surface area contributed by atoms with Crippen molar-refractivity contribution in [2.75, 3.05) is 26.7 Å². The number of halogens is 3. The van der Waals surface area contributed by atoms with E-state index in [0.29, 0.717) is 25.9 Å². The summed E-state index contributed by atoms with van der Waals surface area (Å²) in [6, 6.07) is 9.11. The number of alkyl halides is 3. The zero-order chi connectivity index (χ0) is 15.5. The van der Waals surface area contributed by atoms with Gasteiger partial charge in [-0.05, 0) is 31.5 Å². The second kappa shape index (κ2) is 6.05. The third-order valence-electron chi connectivity index (χ3n) is 3.96. The van der Waals surface area contributed by atoms with Crippen LogP contribution in [-0.2, 0) is 10.2 Å². The van der Waals surface area contributed by atoms with E-state index < -0.39 is 24.0 Å². The molecule has 0 radical (unpaired) electrons. The van der Waals surface area contributed by atoms with Gasteiger partial charge in [-0.1, -0.05) is 30.3 Å². The standard InChI is InChI=1S/C15H19F3N2O/c1-20(11-15(16,17)18)13(21)14(7-9-19-10-8-14)12-5-3-2-4-6-12/h2-6,19H,7-11H2,1H3. The monoisotopic (exact) mass is 300 g/mol. The van der Waals surface area contributed by atoms with E-state index in [9.17, 15) is 18.0 Å². The lowest BCUT2D eigenvalue weighted by Crippen LogP contribution is -2.52. The van der Waals surface area contributed by atoms with E-state index in [0.717, 1.165) is 10.5 Å². The average molecular weight is 300 g/mol.